The smallest absolute Gasteiger partial charge is 0.438 e. The number of aliphatic hydroxyl groups is 1. The number of oxazole rings is 1. The zero-order valence-corrected chi connectivity index (χ0v) is 32.8. The minimum absolute atomic E-state index is 0.0385. The molecule has 5 aromatic rings. The maximum absolute atomic E-state index is 14.8. The van der Waals surface area contributed by atoms with Gasteiger partial charge in [-0.05, 0) is 96.5 Å². The molecule has 11 nitrogen and oxygen atoms in total. The van der Waals surface area contributed by atoms with Gasteiger partial charge in [-0.2, -0.15) is 31.3 Å². The van der Waals surface area contributed by atoms with E-state index in [1.54, 1.807) is 30.3 Å². The summed E-state index contributed by atoms with van der Waals surface area (Å²) in [5.41, 5.74) is 2.67. The van der Waals surface area contributed by atoms with Gasteiger partial charge in [-0.15, -0.1) is 0 Å². The van der Waals surface area contributed by atoms with Crippen LogP contribution in [0.2, 0.25) is 0 Å². The molecule has 2 aromatic heterocycles. The largest absolute Gasteiger partial charge is 0.480 e. The highest BCUT2D eigenvalue weighted by Gasteiger charge is 2.44. The molecule has 0 saturated carbocycles. The van der Waals surface area contributed by atoms with Crippen molar-refractivity contribution < 1.29 is 50.1 Å². The number of hydrogen-bond donors (Lipinski definition) is 3. The average Bonchev–Trinajstić information content (AvgIpc) is 4.05. The minimum Gasteiger partial charge on any atom is -0.480 e. The Bertz CT molecular complexity index is 2490. The Morgan fingerprint density at radius 1 is 0.900 bits per heavy atom. The molecule has 4 aliphatic rings. The molecule has 3 N–H and O–H groups in total. The summed E-state index contributed by atoms with van der Waals surface area (Å²) < 4.78 is 105. The number of likely N-dealkylation sites (tertiary alicyclic amines) is 1. The van der Waals surface area contributed by atoms with Gasteiger partial charge in [-0.3, -0.25) is 9.69 Å². The molecule has 316 valence electrons. The van der Waals surface area contributed by atoms with Gasteiger partial charge < -0.3 is 29.6 Å². The molecule has 4 atom stereocenters. The van der Waals surface area contributed by atoms with Crippen molar-refractivity contribution in [2.45, 2.75) is 95.1 Å². The Morgan fingerprint density at radius 3 is 2.38 bits per heavy atom. The maximum Gasteiger partial charge on any atom is 0.438 e. The summed E-state index contributed by atoms with van der Waals surface area (Å²) in [6.45, 7) is 3.09. The predicted molar refractivity (Wildman–Crippen MR) is 206 cm³/mol. The monoisotopic (exact) mass is 836 g/mol. The number of rotatable bonds is 10. The molecular weight excluding hydrogens is 794 g/mol. The van der Waals surface area contributed by atoms with Crippen molar-refractivity contribution in [3.05, 3.63) is 87.2 Å². The first kappa shape index (κ1) is 40.2. The van der Waals surface area contributed by atoms with Crippen molar-refractivity contribution >= 4 is 17.0 Å². The van der Waals surface area contributed by atoms with E-state index < -0.39 is 41.7 Å². The number of hydrogen-bond acceptors (Lipinski definition) is 10. The lowest BCUT2D eigenvalue weighted by Gasteiger charge is -2.24. The van der Waals surface area contributed by atoms with Crippen LogP contribution in [-0.2, 0) is 36.5 Å². The number of ether oxygens (including phenoxy) is 2. The third kappa shape index (κ3) is 7.33. The lowest BCUT2D eigenvalue weighted by Crippen LogP contribution is -2.35. The van der Waals surface area contributed by atoms with E-state index in [1.165, 1.54) is 7.11 Å². The van der Waals surface area contributed by atoms with E-state index in [2.05, 4.69) is 25.6 Å². The Hall–Kier alpha value is -5.26. The van der Waals surface area contributed by atoms with Crippen molar-refractivity contribution in [3.63, 3.8) is 0 Å². The highest BCUT2D eigenvalue weighted by molar-refractivity contribution is 5.85. The summed E-state index contributed by atoms with van der Waals surface area (Å²) >= 11 is 0. The molecule has 2 saturated heterocycles. The third-order valence-corrected chi connectivity index (χ3v) is 12.2. The second kappa shape index (κ2) is 15.3. The first-order valence-corrected chi connectivity index (χ1v) is 20.0. The topological polar surface area (TPSA) is 135 Å². The van der Waals surface area contributed by atoms with Crippen LogP contribution in [0.4, 0.5) is 26.3 Å². The molecule has 3 aromatic carbocycles. The van der Waals surface area contributed by atoms with Gasteiger partial charge in [0.15, 0.2) is 5.58 Å². The number of amides is 1. The molecule has 17 heteroatoms. The summed E-state index contributed by atoms with van der Waals surface area (Å²) in [5.74, 6) is -0.876. The van der Waals surface area contributed by atoms with Gasteiger partial charge in [0.25, 0.3) is 0 Å². The molecule has 9 rings (SSSR count). The number of fused-ring (bicyclic) bond motifs is 3. The summed E-state index contributed by atoms with van der Waals surface area (Å²) in [5, 5.41) is 16.0. The number of aromatic nitrogens is 3. The standard InChI is InChI=1S/C43H42F6N6O5/c1-21-24(5-3-6-25(21)39-53-31-17-30-29(36(37(31)60-39)42(44,45)46)10-12-33(30)55-16-15-23(56)20-55)26-7-4-8-28-27(26)11-13-34(28)59-41-38(43(47,48)49)52-32(40(54-41)58-2)19-50-18-22-9-14-35(57)51-22/h3-8,17,22-23,33-34,50,56H,9-16,18-20H2,1-2H3,(H,51,57)/t22-,23-,33-,34+/m1/s1. The van der Waals surface area contributed by atoms with E-state index in [-0.39, 0.29) is 65.1 Å². The SMILES string of the molecule is COc1nc(O[C@H]2CCc3c(-c4cccc(-c5nc6cc7c(c(C(F)(F)F)c6o5)CC[C@H]7N5CC[C@@H](O)C5)c4C)cccc32)c(C(F)(F)F)nc1CNC[C@H]1CCC(=O)N1. The lowest BCUT2D eigenvalue weighted by atomic mass is 9.91. The van der Waals surface area contributed by atoms with Crippen molar-refractivity contribution in [2.75, 3.05) is 26.7 Å². The summed E-state index contributed by atoms with van der Waals surface area (Å²) in [4.78, 5) is 26.3. The molecule has 0 spiro atoms. The van der Waals surface area contributed by atoms with E-state index >= 15 is 0 Å². The number of aliphatic hydroxyl groups excluding tert-OH is 1. The van der Waals surface area contributed by atoms with Gasteiger partial charge in [-0.25, -0.2) is 9.97 Å². The zero-order chi connectivity index (χ0) is 42.1. The molecule has 0 radical (unpaired) electrons. The van der Waals surface area contributed by atoms with Gasteiger partial charge >= 0.3 is 12.4 Å². The van der Waals surface area contributed by atoms with Crippen molar-refractivity contribution in [3.8, 4) is 34.3 Å². The Kier molecular flexibility index (Phi) is 10.3. The molecule has 2 aliphatic carbocycles. The van der Waals surface area contributed by atoms with Crippen molar-refractivity contribution in [1.82, 2.24) is 30.5 Å². The fraction of sp³-hybridized carbons (Fsp3) is 0.442. The molecule has 4 heterocycles. The molecule has 0 unspecified atom stereocenters. The highest BCUT2D eigenvalue weighted by atomic mass is 19.4. The van der Waals surface area contributed by atoms with Crippen LogP contribution in [0.5, 0.6) is 11.8 Å². The number of β-amino-alcohol motifs (C(OH)–C–C–N with tert-alkyl or cyclic N) is 1. The number of benzene rings is 3. The number of carbonyl (C=O) groups is 1. The van der Waals surface area contributed by atoms with Gasteiger partial charge in [0, 0.05) is 50.2 Å². The molecular formula is C43H42F6N6O5. The summed E-state index contributed by atoms with van der Waals surface area (Å²) in [6.07, 6.45) is -7.76. The number of halogens is 6. The van der Waals surface area contributed by atoms with E-state index in [1.807, 2.05) is 24.0 Å². The first-order valence-electron chi connectivity index (χ1n) is 20.0. The van der Waals surface area contributed by atoms with Crippen LogP contribution in [0.1, 0.15) is 89.0 Å². The normalized spacial score (nSPS) is 21.8. The highest BCUT2D eigenvalue weighted by Crippen LogP contribution is 2.49. The number of methoxy groups -OCH3 is 1. The van der Waals surface area contributed by atoms with Crippen molar-refractivity contribution in [1.29, 1.82) is 0 Å². The number of alkyl halides is 6. The fourth-order valence-electron chi connectivity index (χ4n) is 9.44. The molecule has 60 heavy (non-hydrogen) atoms. The van der Waals surface area contributed by atoms with Gasteiger partial charge in [-0.1, -0.05) is 30.3 Å². The van der Waals surface area contributed by atoms with E-state index in [9.17, 15) is 36.2 Å². The minimum atomic E-state index is -4.89. The van der Waals surface area contributed by atoms with E-state index in [4.69, 9.17) is 13.9 Å². The van der Waals surface area contributed by atoms with Crippen LogP contribution in [-0.4, -0.2) is 69.8 Å². The van der Waals surface area contributed by atoms with Crippen LogP contribution in [0, 0.1) is 6.92 Å². The van der Waals surface area contributed by atoms with Gasteiger partial charge in [0.1, 0.15) is 22.9 Å². The quantitative estimate of drug-likeness (QED) is 0.120. The number of carbonyl (C=O) groups excluding carboxylic acids is 1. The molecule has 2 aliphatic heterocycles. The van der Waals surface area contributed by atoms with Crippen LogP contribution in [0.25, 0.3) is 33.7 Å². The van der Waals surface area contributed by atoms with Gasteiger partial charge in [0.05, 0.1) is 13.2 Å². The number of nitrogens with one attached hydrogen (secondary N) is 2. The second-order valence-corrected chi connectivity index (χ2v) is 15.9. The first-order chi connectivity index (χ1) is 28.7. The third-order valence-electron chi connectivity index (χ3n) is 12.2. The average molecular weight is 837 g/mol. The molecule has 0 bridgehead atoms. The molecule has 1 amide bonds. The Morgan fingerprint density at radius 2 is 1.67 bits per heavy atom. The van der Waals surface area contributed by atoms with Crippen LogP contribution >= 0.6 is 0 Å². The summed E-state index contributed by atoms with van der Waals surface area (Å²) in [7, 11) is 1.29. The summed E-state index contributed by atoms with van der Waals surface area (Å²) in [6, 6.07) is 12.2. The fourth-order valence-corrected chi connectivity index (χ4v) is 9.44. The number of nitrogens with zero attached hydrogens (tertiary/aromatic N) is 4. The molecule has 2 fully saturated rings. The predicted octanol–water partition coefficient (Wildman–Crippen LogP) is 7.79. The van der Waals surface area contributed by atoms with Gasteiger partial charge in [0.2, 0.25) is 29.3 Å². The zero-order valence-electron chi connectivity index (χ0n) is 32.8. The Balaban J connectivity index is 1.02. The van der Waals surface area contributed by atoms with E-state index in [0.717, 1.165) is 16.7 Å². The van der Waals surface area contributed by atoms with Crippen LogP contribution < -0.4 is 20.1 Å². The van der Waals surface area contributed by atoms with Crippen LogP contribution in [0.3, 0.4) is 0 Å². The lowest BCUT2D eigenvalue weighted by molar-refractivity contribution is -0.143. The van der Waals surface area contributed by atoms with Crippen LogP contribution in [0.15, 0.2) is 46.9 Å². The van der Waals surface area contributed by atoms with E-state index in [0.29, 0.717) is 80.4 Å². The van der Waals surface area contributed by atoms with Crippen molar-refractivity contribution in [2.24, 2.45) is 0 Å². The second-order valence-electron chi connectivity index (χ2n) is 15.9. The maximum atomic E-state index is 14.8. The Labute approximate surface area is 340 Å².